The number of hydrogen-bond acceptors (Lipinski definition) is 5. The Morgan fingerprint density at radius 2 is 2.14 bits per heavy atom. The summed E-state index contributed by atoms with van der Waals surface area (Å²) in [4.78, 5) is 0. The van der Waals surface area contributed by atoms with Crippen LogP contribution < -0.4 is 10.0 Å². The van der Waals surface area contributed by atoms with Gasteiger partial charge in [0, 0.05) is 25.8 Å². The summed E-state index contributed by atoms with van der Waals surface area (Å²) in [6.45, 7) is 4.97. The lowest BCUT2D eigenvalue weighted by Crippen LogP contribution is -2.23. The van der Waals surface area contributed by atoms with Gasteiger partial charge in [0.1, 0.15) is 4.21 Å². The minimum Gasteiger partial charge on any atom is -0.310 e. The van der Waals surface area contributed by atoms with Gasteiger partial charge in [-0.05, 0) is 23.1 Å². The van der Waals surface area contributed by atoms with E-state index in [1.54, 1.807) is 30.1 Å². The summed E-state index contributed by atoms with van der Waals surface area (Å²) in [7, 11) is -1.68. The third-order valence-corrected chi connectivity index (χ3v) is 5.71. The molecule has 6 nitrogen and oxygen atoms in total. The van der Waals surface area contributed by atoms with Gasteiger partial charge in [0.05, 0.1) is 12.2 Å². The van der Waals surface area contributed by atoms with Crippen molar-refractivity contribution in [2.45, 2.75) is 37.2 Å². The van der Waals surface area contributed by atoms with Crippen molar-refractivity contribution in [2.24, 2.45) is 7.05 Å². The molecule has 0 atom stereocenters. The molecule has 2 N–H and O–H groups in total. The lowest BCUT2D eigenvalue weighted by Gasteiger charge is -2.05. The Hall–Kier alpha value is -1.22. The fourth-order valence-corrected chi connectivity index (χ4v) is 3.96. The maximum absolute atomic E-state index is 12.2. The highest BCUT2D eigenvalue weighted by atomic mass is 32.2. The number of nitrogens with zero attached hydrogens (tertiary/aromatic N) is 2. The molecular weight excluding hydrogens is 308 g/mol. The Bertz CT molecular complexity index is 689. The summed E-state index contributed by atoms with van der Waals surface area (Å²) in [6, 6.07) is 3.86. The third kappa shape index (κ3) is 4.63. The first-order chi connectivity index (χ1) is 9.87. The minimum atomic E-state index is -3.48. The van der Waals surface area contributed by atoms with Gasteiger partial charge in [0.15, 0.2) is 0 Å². The number of thiophene rings is 1. The van der Waals surface area contributed by atoms with Crippen molar-refractivity contribution in [3.05, 3.63) is 35.0 Å². The maximum Gasteiger partial charge on any atom is 0.250 e. The average molecular weight is 328 g/mol. The van der Waals surface area contributed by atoms with E-state index >= 15 is 0 Å². The second-order valence-electron chi connectivity index (χ2n) is 5.11. The van der Waals surface area contributed by atoms with E-state index in [0.717, 1.165) is 5.56 Å². The van der Waals surface area contributed by atoms with Crippen molar-refractivity contribution >= 4 is 21.4 Å². The predicted octanol–water partition coefficient (Wildman–Crippen LogP) is 1.46. The Morgan fingerprint density at radius 1 is 1.38 bits per heavy atom. The molecule has 0 saturated heterocycles. The number of rotatable bonds is 7. The van der Waals surface area contributed by atoms with Gasteiger partial charge < -0.3 is 5.32 Å². The van der Waals surface area contributed by atoms with Gasteiger partial charge in [-0.2, -0.15) is 5.10 Å². The van der Waals surface area contributed by atoms with Crippen LogP contribution in [0.4, 0.5) is 0 Å². The number of hydrogen-bond donors (Lipinski definition) is 2. The van der Waals surface area contributed by atoms with Crippen LogP contribution in [-0.4, -0.2) is 24.2 Å². The SMILES string of the molecule is CC(C)NCc1csc(S(=O)(=O)NCc2ccn(C)n2)c1. The summed E-state index contributed by atoms with van der Waals surface area (Å²) in [5, 5.41) is 9.28. The highest BCUT2D eigenvalue weighted by Gasteiger charge is 2.17. The van der Waals surface area contributed by atoms with Gasteiger partial charge >= 0.3 is 0 Å². The van der Waals surface area contributed by atoms with E-state index in [4.69, 9.17) is 0 Å². The van der Waals surface area contributed by atoms with Crippen molar-refractivity contribution in [2.75, 3.05) is 0 Å². The van der Waals surface area contributed by atoms with Gasteiger partial charge in [0.2, 0.25) is 10.0 Å². The number of sulfonamides is 1. The van der Waals surface area contributed by atoms with Gasteiger partial charge in [-0.25, -0.2) is 13.1 Å². The van der Waals surface area contributed by atoms with Crippen molar-refractivity contribution < 1.29 is 8.42 Å². The molecule has 2 aromatic heterocycles. The number of aryl methyl sites for hydroxylation is 1. The number of nitrogens with one attached hydrogen (secondary N) is 2. The molecule has 2 heterocycles. The molecule has 0 spiro atoms. The molecule has 0 aliphatic rings. The Morgan fingerprint density at radius 3 is 2.76 bits per heavy atom. The molecule has 0 aliphatic carbocycles. The summed E-state index contributed by atoms with van der Waals surface area (Å²) in [5.41, 5.74) is 1.67. The molecule has 0 aliphatic heterocycles. The molecule has 0 amide bonds. The second kappa shape index (κ2) is 6.69. The Labute approximate surface area is 129 Å². The van der Waals surface area contributed by atoms with Crippen LogP contribution in [0.25, 0.3) is 0 Å². The molecule has 0 aromatic carbocycles. The standard InChI is InChI=1S/C13H20N4O2S2/c1-10(2)14-7-11-6-13(20-9-11)21(18,19)15-8-12-4-5-17(3)16-12/h4-6,9-10,14-15H,7-8H2,1-3H3. The first kappa shape index (κ1) is 16.2. The van der Waals surface area contributed by atoms with E-state index < -0.39 is 10.0 Å². The molecule has 116 valence electrons. The second-order valence-corrected chi connectivity index (χ2v) is 8.02. The van der Waals surface area contributed by atoms with Crippen LogP contribution in [0.1, 0.15) is 25.1 Å². The summed E-state index contributed by atoms with van der Waals surface area (Å²) in [6.07, 6.45) is 1.78. The average Bonchev–Trinajstić information content (AvgIpc) is 3.03. The molecule has 2 rings (SSSR count). The fourth-order valence-electron chi connectivity index (χ4n) is 1.71. The maximum atomic E-state index is 12.2. The molecule has 0 fully saturated rings. The molecular formula is C13H20N4O2S2. The molecule has 2 aromatic rings. The lowest BCUT2D eigenvalue weighted by molar-refractivity contribution is 0.580. The van der Waals surface area contributed by atoms with Crippen molar-refractivity contribution in [1.29, 1.82) is 0 Å². The lowest BCUT2D eigenvalue weighted by atomic mass is 10.3. The van der Waals surface area contributed by atoms with Gasteiger partial charge in [-0.3, -0.25) is 4.68 Å². The molecule has 21 heavy (non-hydrogen) atoms. The topological polar surface area (TPSA) is 76.0 Å². The molecule has 0 unspecified atom stereocenters. The van der Waals surface area contributed by atoms with Gasteiger partial charge in [-0.1, -0.05) is 13.8 Å². The highest BCUT2D eigenvalue weighted by molar-refractivity contribution is 7.91. The highest BCUT2D eigenvalue weighted by Crippen LogP contribution is 2.20. The smallest absolute Gasteiger partial charge is 0.250 e. The fraction of sp³-hybridized carbons (Fsp3) is 0.462. The van der Waals surface area contributed by atoms with E-state index in [-0.39, 0.29) is 6.54 Å². The van der Waals surface area contributed by atoms with Crippen LogP contribution in [0.15, 0.2) is 27.9 Å². The van der Waals surface area contributed by atoms with Crippen LogP contribution in [0, 0.1) is 0 Å². The van der Waals surface area contributed by atoms with Crippen LogP contribution in [-0.2, 0) is 30.2 Å². The predicted molar refractivity (Wildman–Crippen MR) is 83.5 cm³/mol. The van der Waals surface area contributed by atoms with Gasteiger partial charge in [0.25, 0.3) is 0 Å². The Kier molecular flexibility index (Phi) is 5.15. The normalized spacial score (nSPS) is 12.2. The first-order valence-corrected chi connectivity index (χ1v) is 9.02. The zero-order valence-electron chi connectivity index (χ0n) is 12.3. The third-order valence-electron chi connectivity index (χ3n) is 2.82. The van der Waals surface area contributed by atoms with Crippen LogP contribution in [0.3, 0.4) is 0 Å². The summed E-state index contributed by atoms with van der Waals surface area (Å²) in [5.74, 6) is 0. The molecule has 0 radical (unpaired) electrons. The van der Waals surface area contributed by atoms with Crippen molar-refractivity contribution in [3.8, 4) is 0 Å². The summed E-state index contributed by atoms with van der Waals surface area (Å²) >= 11 is 1.23. The van der Waals surface area contributed by atoms with E-state index in [0.29, 0.717) is 22.5 Å². The largest absolute Gasteiger partial charge is 0.310 e. The van der Waals surface area contributed by atoms with Crippen LogP contribution in [0.5, 0.6) is 0 Å². The van der Waals surface area contributed by atoms with Gasteiger partial charge in [-0.15, -0.1) is 11.3 Å². The minimum absolute atomic E-state index is 0.195. The summed E-state index contributed by atoms with van der Waals surface area (Å²) < 4.78 is 29.0. The molecule has 0 bridgehead atoms. The van der Waals surface area contributed by atoms with E-state index in [1.165, 1.54) is 11.3 Å². The van der Waals surface area contributed by atoms with Crippen molar-refractivity contribution in [3.63, 3.8) is 0 Å². The molecule has 0 saturated carbocycles. The van der Waals surface area contributed by atoms with E-state index in [9.17, 15) is 8.42 Å². The van der Waals surface area contributed by atoms with Crippen LogP contribution >= 0.6 is 11.3 Å². The number of aromatic nitrogens is 2. The monoisotopic (exact) mass is 328 g/mol. The van der Waals surface area contributed by atoms with Crippen LogP contribution in [0.2, 0.25) is 0 Å². The van der Waals surface area contributed by atoms with E-state index in [1.807, 2.05) is 5.38 Å². The zero-order valence-corrected chi connectivity index (χ0v) is 14.0. The Balaban J connectivity index is 1.99. The zero-order chi connectivity index (χ0) is 15.5. The quantitative estimate of drug-likeness (QED) is 0.807. The first-order valence-electron chi connectivity index (χ1n) is 6.66. The van der Waals surface area contributed by atoms with Crippen molar-refractivity contribution in [1.82, 2.24) is 19.8 Å². The van der Waals surface area contributed by atoms with E-state index in [2.05, 4.69) is 29.0 Å². The molecule has 8 heteroatoms.